The molecule has 11 aromatic rings. The van der Waals surface area contributed by atoms with E-state index in [1.165, 1.54) is 14.8 Å². The predicted molar refractivity (Wildman–Crippen MR) is 218 cm³/mol. The third-order valence-corrected chi connectivity index (χ3v) is 11.3. The van der Waals surface area contributed by atoms with Crippen LogP contribution in [0.5, 0.6) is 0 Å². The number of hydrogen-bond donors (Lipinski definition) is 0. The molecule has 5 aromatic heterocycles. The Bertz CT molecular complexity index is 3140. The molecule has 0 spiro atoms. The maximum atomic E-state index is 6.53. The maximum Gasteiger partial charge on any atom is 0.182 e. The highest BCUT2D eigenvalue weighted by molar-refractivity contribution is 7.26. The van der Waals surface area contributed by atoms with Gasteiger partial charge in [-0.3, -0.25) is 0 Å². The Morgan fingerprint density at radius 3 is 1.87 bits per heavy atom. The van der Waals surface area contributed by atoms with Crippen molar-refractivity contribution in [2.45, 2.75) is 0 Å². The van der Waals surface area contributed by atoms with Gasteiger partial charge in [-0.15, -0.1) is 16.4 Å². The predicted octanol–water partition coefficient (Wildman–Crippen LogP) is 12.7. The quantitative estimate of drug-likeness (QED) is 0.180. The molecule has 5 nitrogen and oxygen atoms in total. The average molecular weight is 697 g/mol. The first-order valence-electron chi connectivity index (χ1n) is 17.6. The van der Waals surface area contributed by atoms with Crippen molar-refractivity contribution in [1.29, 1.82) is 0 Å². The molecule has 6 aromatic carbocycles. The third kappa shape index (κ3) is 4.88. The Labute approximate surface area is 308 Å². The SMILES string of the molecule is c1ccc(-c2cc(-c3ccccc3)c3nc(-c4ccc(-c5ccc(-c6nc7c8ccccc8sc7c7c6oc6ccccc67)cc5)cc4)nn3c2)cc1. The van der Waals surface area contributed by atoms with Gasteiger partial charge in [-0.05, 0) is 40.5 Å². The smallest absolute Gasteiger partial charge is 0.182 e. The van der Waals surface area contributed by atoms with E-state index in [-0.39, 0.29) is 0 Å². The zero-order valence-electron chi connectivity index (χ0n) is 28.3. The fraction of sp³-hybridized carbons (Fsp3) is 0. The summed E-state index contributed by atoms with van der Waals surface area (Å²) in [5, 5.41) is 8.39. The van der Waals surface area contributed by atoms with E-state index in [0.29, 0.717) is 5.82 Å². The first-order chi connectivity index (χ1) is 26.2. The van der Waals surface area contributed by atoms with Gasteiger partial charge in [0.15, 0.2) is 17.1 Å². The summed E-state index contributed by atoms with van der Waals surface area (Å²) in [4.78, 5) is 10.3. The molecule has 0 N–H and O–H groups in total. The van der Waals surface area contributed by atoms with Gasteiger partial charge in [0.1, 0.15) is 11.3 Å². The average Bonchev–Trinajstić information content (AvgIpc) is 3.95. The molecular formula is C47H28N4OS. The van der Waals surface area contributed by atoms with Gasteiger partial charge in [-0.2, -0.15) is 0 Å². The fourth-order valence-electron chi connectivity index (χ4n) is 7.47. The number of pyridine rings is 2. The van der Waals surface area contributed by atoms with Crippen LogP contribution in [0.25, 0.3) is 104 Å². The second-order valence-corrected chi connectivity index (χ2v) is 14.3. The molecule has 0 aliphatic heterocycles. The number of hydrogen-bond acceptors (Lipinski definition) is 5. The molecule has 6 heteroatoms. The highest BCUT2D eigenvalue weighted by Gasteiger charge is 2.21. The van der Waals surface area contributed by atoms with Crippen LogP contribution in [0.1, 0.15) is 0 Å². The van der Waals surface area contributed by atoms with Crippen molar-refractivity contribution in [3.8, 4) is 56.0 Å². The molecule has 0 amide bonds. The minimum atomic E-state index is 0.687. The highest BCUT2D eigenvalue weighted by Crippen LogP contribution is 2.45. The van der Waals surface area contributed by atoms with Gasteiger partial charge in [0.2, 0.25) is 0 Å². The van der Waals surface area contributed by atoms with Crippen LogP contribution >= 0.6 is 11.3 Å². The molecule has 0 bridgehead atoms. The summed E-state index contributed by atoms with van der Waals surface area (Å²) in [6, 6.07) is 56.9. The normalized spacial score (nSPS) is 11.8. The summed E-state index contributed by atoms with van der Waals surface area (Å²) in [6.45, 7) is 0. The molecule has 11 rings (SSSR count). The summed E-state index contributed by atoms with van der Waals surface area (Å²) >= 11 is 1.78. The number of fused-ring (bicyclic) bond motifs is 8. The Balaban J connectivity index is 0.964. The van der Waals surface area contributed by atoms with Crippen molar-refractivity contribution in [2.75, 3.05) is 0 Å². The van der Waals surface area contributed by atoms with Gasteiger partial charge >= 0.3 is 0 Å². The molecule has 248 valence electrons. The van der Waals surface area contributed by atoms with Crippen LogP contribution in [-0.2, 0) is 0 Å². The molecule has 0 saturated heterocycles. The fourth-order valence-corrected chi connectivity index (χ4v) is 8.67. The molecule has 0 saturated carbocycles. The van der Waals surface area contributed by atoms with Crippen molar-refractivity contribution >= 4 is 59.2 Å². The molecule has 0 unspecified atom stereocenters. The van der Waals surface area contributed by atoms with Gasteiger partial charge in [-0.1, -0.05) is 146 Å². The van der Waals surface area contributed by atoms with Crippen molar-refractivity contribution < 1.29 is 4.42 Å². The number of rotatable bonds is 5. The number of benzene rings is 6. The first kappa shape index (κ1) is 29.8. The maximum absolute atomic E-state index is 6.53. The van der Waals surface area contributed by atoms with Crippen LogP contribution in [0, 0.1) is 0 Å². The van der Waals surface area contributed by atoms with Crippen LogP contribution in [0.15, 0.2) is 174 Å². The minimum Gasteiger partial charge on any atom is -0.454 e. The van der Waals surface area contributed by atoms with E-state index in [2.05, 4.69) is 146 Å². The summed E-state index contributed by atoms with van der Waals surface area (Å²) in [5.41, 5.74) is 13.0. The zero-order chi connectivity index (χ0) is 34.9. The zero-order valence-corrected chi connectivity index (χ0v) is 29.1. The number of nitrogens with zero attached hydrogens (tertiary/aromatic N) is 4. The van der Waals surface area contributed by atoms with Crippen molar-refractivity contribution in [3.63, 3.8) is 0 Å². The van der Waals surface area contributed by atoms with Crippen molar-refractivity contribution in [2.24, 2.45) is 0 Å². The van der Waals surface area contributed by atoms with Gasteiger partial charge in [0.25, 0.3) is 0 Å². The summed E-state index contributed by atoms with van der Waals surface area (Å²) < 4.78 is 10.8. The second kappa shape index (κ2) is 11.8. The van der Waals surface area contributed by atoms with Crippen LogP contribution in [0.3, 0.4) is 0 Å². The van der Waals surface area contributed by atoms with Crippen LogP contribution in [0.4, 0.5) is 0 Å². The van der Waals surface area contributed by atoms with Gasteiger partial charge in [0, 0.05) is 49.3 Å². The Hall–Kier alpha value is -6.89. The Morgan fingerprint density at radius 1 is 0.509 bits per heavy atom. The first-order valence-corrected chi connectivity index (χ1v) is 18.4. The lowest BCUT2D eigenvalue weighted by Crippen LogP contribution is -1.93. The van der Waals surface area contributed by atoms with Gasteiger partial charge < -0.3 is 4.42 Å². The lowest BCUT2D eigenvalue weighted by molar-refractivity contribution is 0.669. The third-order valence-electron chi connectivity index (χ3n) is 10.1. The Kier molecular flexibility index (Phi) is 6.66. The monoisotopic (exact) mass is 696 g/mol. The number of para-hydroxylation sites is 1. The standard InChI is InChI=1S/C47H28N4OS/c1-3-11-29(12-4-1)35-27-38(32-13-5-2-6-14-32)47-49-46(50-51(47)28-35)34-25-21-31(22-26-34)30-19-23-33(24-20-30)42-44-41(36-15-7-9-17-39(36)52-44)45-43(48-42)37-16-8-10-18-40(37)53-45/h1-28H. The summed E-state index contributed by atoms with van der Waals surface area (Å²) in [7, 11) is 0. The van der Waals surface area contributed by atoms with E-state index in [1.54, 1.807) is 11.3 Å². The topological polar surface area (TPSA) is 56.2 Å². The molecule has 0 aliphatic rings. The molecule has 0 radical (unpaired) electrons. The van der Waals surface area contributed by atoms with E-state index < -0.39 is 0 Å². The highest BCUT2D eigenvalue weighted by atomic mass is 32.1. The molecule has 0 atom stereocenters. The largest absolute Gasteiger partial charge is 0.454 e. The van der Waals surface area contributed by atoms with E-state index >= 15 is 0 Å². The Morgan fingerprint density at radius 2 is 1.11 bits per heavy atom. The molecule has 53 heavy (non-hydrogen) atoms. The van der Waals surface area contributed by atoms with Crippen LogP contribution in [-0.4, -0.2) is 19.6 Å². The lowest BCUT2D eigenvalue weighted by atomic mass is 10.0. The van der Waals surface area contributed by atoms with Crippen molar-refractivity contribution in [3.05, 3.63) is 170 Å². The molecule has 5 heterocycles. The minimum absolute atomic E-state index is 0.687. The molecule has 0 fully saturated rings. The number of furan rings is 1. The van der Waals surface area contributed by atoms with Gasteiger partial charge in [-0.25, -0.2) is 14.5 Å². The van der Waals surface area contributed by atoms with Crippen LogP contribution in [0.2, 0.25) is 0 Å². The second-order valence-electron chi connectivity index (χ2n) is 13.3. The number of thiophene rings is 1. The molecule has 0 aliphatic carbocycles. The van der Waals surface area contributed by atoms with E-state index in [1.807, 2.05) is 28.8 Å². The van der Waals surface area contributed by atoms with E-state index in [4.69, 9.17) is 19.5 Å². The summed E-state index contributed by atoms with van der Waals surface area (Å²) in [5.74, 6) is 0.687. The van der Waals surface area contributed by atoms with E-state index in [9.17, 15) is 0 Å². The lowest BCUT2D eigenvalue weighted by Gasteiger charge is -2.08. The van der Waals surface area contributed by atoms with Crippen molar-refractivity contribution in [1.82, 2.24) is 19.6 Å². The summed E-state index contributed by atoms with van der Waals surface area (Å²) in [6.07, 6.45) is 2.07. The number of aromatic nitrogens is 4. The molecular weight excluding hydrogens is 669 g/mol. The van der Waals surface area contributed by atoms with Crippen LogP contribution < -0.4 is 0 Å². The van der Waals surface area contributed by atoms with Gasteiger partial charge in [0.05, 0.1) is 10.2 Å². The van der Waals surface area contributed by atoms with E-state index in [0.717, 1.165) is 83.3 Å².